The average Bonchev–Trinajstić information content (AvgIpc) is 2.77. The van der Waals surface area contributed by atoms with Crippen LogP contribution in [-0.2, 0) is 13.0 Å². The summed E-state index contributed by atoms with van der Waals surface area (Å²) in [4.78, 5) is 21.5. The first-order valence-corrected chi connectivity index (χ1v) is 10.4. The molecule has 4 rings (SSSR count). The second-order valence-electron chi connectivity index (χ2n) is 7.66. The SMILES string of the molecule is Cc1cc(=N)n(O)c(C)c1CNC(=O)c1ccnc(Cc2ccc3ncc(Cl)cc3c2)c1. The first kappa shape index (κ1) is 21.5. The Morgan fingerprint density at radius 2 is 1.97 bits per heavy atom. The molecule has 0 radical (unpaired) electrons. The molecule has 8 heteroatoms. The number of hydrogen-bond donors (Lipinski definition) is 3. The molecule has 0 atom stereocenters. The minimum atomic E-state index is -0.235. The Morgan fingerprint density at radius 3 is 2.78 bits per heavy atom. The van der Waals surface area contributed by atoms with Crippen molar-refractivity contribution in [3.8, 4) is 0 Å². The van der Waals surface area contributed by atoms with Gasteiger partial charge in [0.15, 0.2) is 5.49 Å². The number of rotatable bonds is 5. The highest BCUT2D eigenvalue weighted by atomic mass is 35.5. The van der Waals surface area contributed by atoms with Gasteiger partial charge in [-0.3, -0.25) is 20.2 Å². The largest absolute Gasteiger partial charge is 0.427 e. The quantitative estimate of drug-likeness (QED) is 0.403. The molecule has 1 aromatic carbocycles. The van der Waals surface area contributed by atoms with Gasteiger partial charge in [0.2, 0.25) is 0 Å². The van der Waals surface area contributed by atoms with Gasteiger partial charge in [0.05, 0.1) is 16.2 Å². The van der Waals surface area contributed by atoms with Crippen LogP contribution in [0.4, 0.5) is 0 Å². The van der Waals surface area contributed by atoms with E-state index in [-0.39, 0.29) is 17.9 Å². The molecule has 0 fully saturated rings. The van der Waals surface area contributed by atoms with Crippen LogP contribution in [0.1, 0.15) is 38.4 Å². The minimum Gasteiger partial charge on any atom is -0.427 e. The van der Waals surface area contributed by atoms with Gasteiger partial charge in [0, 0.05) is 42.0 Å². The normalized spacial score (nSPS) is 11.0. The lowest BCUT2D eigenvalue weighted by Crippen LogP contribution is -2.27. The standard InChI is InChI=1S/C24H22ClN5O2/c1-14-7-23(26)30(32)15(2)21(14)13-29-24(31)17-5-6-27-20(11-17)9-16-3-4-22-18(8-16)10-19(25)12-28-22/h3-8,10-12,26,32H,9,13H2,1-2H3,(H,29,31). The van der Waals surface area contributed by atoms with Crippen LogP contribution < -0.4 is 10.8 Å². The highest BCUT2D eigenvalue weighted by Gasteiger charge is 2.12. The van der Waals surface area contributed by atoms with Crippen LogP contribution in [0, 0.1) is 19.3 Å². The summed E-state index contributed by atoms with van der Waals surface area (Å²) >= 11 is 6.05. The van der Waals surface area contributed by atoms with Gasteiger partial charge in [-0.15, -0.1) is 0 Å². The van der Waals surface area contributed by atoms with Gasteiger partial charge in [0.1, 0.15) is 0 Å². The molecule has 1 amide bonds. The van der Waals surface area contributed by atoms with Gasteiger partial charge >= 0.3 is 0 Å². The molecule has 0 unspecified atom stereocenters. The Kier molecular flexibility index (Phi) is 5.92. The maximum Gasteiger partial charge on any atom is 0.251 e. The molecule has 0 saturated carbocycles. The number of benzene rings is 1. The van der Waals surface area contributed by atoms with Crippen molar-refractivity contribution in [3.05, 3.63) is 99.0 Å². The van der Waals surface area contributed by atoms with E-state index in [4.69, 9.17) is 17.0 Å². The summed E-state index contributed by atoms with van der Waals surface area (Å²) in [5, 5.41) is 22.1. The second-order valence-corrected chi connectivity index (χ2v) is 8.10. The Labute approximate surface area is 189 Å². The molecule has 0 aliphatic carbocycles. The Morgan fingerprint density at radius 1 is 1.16 bits per heavy atom. The molecule has 0 spiro atoms. The molecule has 162 valence electrons. The first-order chi connectivity index (χ1) is 15.3. The number of carbonyl (C=O) groups is 1. The average molecular weight is 448 g/mol. The number of aromatic nitrogens is 3. The number of halogens is 1. The van der Waals surface area contributed by atoms with Gasteiger partial charge in [0.25, 0.3) is 5.91 Å². The predicted molar refractivity (Wildman–Crippen MR) is 122 cm³/mol. The van der Waals surface area contributed by atoms with E-state index >= 15 is 0 Å². The Hall–Kier alpha value is -3.71. The molecule has 3 aromatic heterocycles. The monoisotopic (exact) mass is 447 g/mol. The van der Waals surface area contributed by atoms with Gasteiger partial charge in [-0.25, -0.2) is 0 Å². The van der Waals surface area contributed by atoms with Crippen LogP contribution in [0.25, 0.3) is 10.9 Å². The summed E-state index contributed by atoms with van der Waals surface area (Å²) in [5.74, 6) is -0.235. The lowest BCUT2D eigenvalue weighted by molar-refractivity contribution is 0.0949. The minimum absolute atomic E-state index is 0.000551. The van der Waals surface area contributed by atoms with E-state index < -0.39 is 0 Å². The topological polar surface area (TPSA) is 104 Å². The predicted octanol–water partition coefficient (Wildman–Crippen LogP) is 3.94. The van der Waals surface area contributed by atoms with E-state index in [1.165, 1.54) is 0 Å². The zero-order valence-electron chi connectivity index (χ0n) is 17.7. The number of nitrogens with one attached hydrogen (secondary N) is 2. The van der Waals surface area contributed by atoms with Crippen LogP contribution in [0.3, 0.4) is 0 Å². The first-order valence-electron chi connectivity index (χ1n) is 10.0. The Balaban J connectivity index is 1.50. The fourth-order valence-electron chi connectivity index (χ4n) is 3.67. The highest BCUT2D eigenvalue weighted by molar-refractivity contribution is 6.31. The third-order valence-electron chi connectivity index (χ3n) is 5.41. The molecule has 3 N–H and O–H groups in total. The van der Waals surface area contributed by atoms with Gasteiger partial charge < -0.3 is 10.5 Å². The molecule has 3 heterocycles. The van der Waals surface area contributed by atoms with Crippen LogP contribution in [0.2, 0.25) is 5.02 Å². The molecule has 0 bridgehead atoms. The zero-order valence-corrected chi connectivity index (χ0v) is 18.4. The summed E-state index contributed by atoms with van der Waals surface area (Å²) in [5.41, 5.74) is 5.32. The van der Waals surface area contributed by atoms with Crippen LogP contribution in [-0.4, -0.2) is 25.8 Å². The van der Waals surface area contributed by atoms with Crippen molar-refractivity contribution in [2.75, 3.05) is 0 Å². The van der Waals surface area contributed by atoms with Gasteiger partial charge in [-0.1, -0.05) is 17.7 Å². The van der Waals surface area contributed by atoms with Crippen molar-refractivity contribution in [1.29, 1.82) is 5.41 Å². The lowest BCUT2D eigenvalue weighted by Gasteiger charge is -2.14. The number of pyridine rings is 3. The number of fused-ring (bicyclic) bond motifs is 1. The van der Waals surface area contributed by atoms with E-state index in [1.807, 2.05) is 31.2 Å². The van der Waals surface area contributed by atoms with Crippen molar-refractivity contribution >= 4 is 28.4 Å². The van der Waals surface area contributed by atoms with E-state index in [0.717, 1.165) is 38.0 Å². The maximum absolute atomic E-state index is 12.7. The molecular weight excluding hydrogens is 426 g/mol. The second kappa shape index (κ2) is 8.80. The van der Waals surface area contributed by atoms with E-state index in [0.29, 0.717) is 22.7 Å². The molecular formula is C24H22ClN5O2. The number of carbonyl (C=O) groups excluding carboxylic acids is 1. The smallest absolute Gasteiger partial charge is 0.251 e. The van der Waals surface area contributed by atoms with Crippen molar-refractivity contribution in [3.63, 3.8) is 0 Å². The highest BCUT2D eigenvalue weighted by Crippen LogP contribution is 2.20. The molecule has 4 aromatic rings. The molecule has 0 aliphatic heterocycles. The summed E-state index contributed by atoms with van der Waals surface area (Å²) < 4.78 is 0.811. The van der Waals surface area contributed by atoms with E-state index in [1.54, 1.807) is 37.5 Å². The number of aryl methyl sites for hydroxylation is 1. The zero-order chi connectivity index (χ0) is 22.8. The molecule has 0 saturated heterocycles. The third-order valence-corrected chi connectivity index (χ3v) is 5.62. The fraction of sp³-hybridized carbons (Fsp3) is 0.167. The van der Waals surface area contributed by atoms with Crippen molar-refractivity contribution < 1.29 is 10.0 Å². The maximum atomic E-state index is 12.7. The van der Waals surface area contributed by atoms with Gasteiger partial charge in [-0.2, -0.15) is 4.73 Å². The van der Waals surface area contributed by atoms with Crippen molar-refractivity contribution in [2.45, 2.75) is 26.8 Å². The molecule has 7 nitrogen and oxygen atoms in total. The number of hydrogen-bond acceptors (Lipinski definition) is 5. The van der Waals surface area contributed by atoms with Gasteiger partial charge in [-0.05, 0) is 66.9 Å². The molecule has 32 heavy (non-hydrogen) atoms. The van der Waals surface area contributed by atoms with E-state index in [2.05, 4.69) is 15.3 Å². The van der Waals surface area contributed by atoms with Crippen molar-refractivity contribution in [2.24, 2.45) is 0 Å². The summed E-state index contributed by atoms with van der Waals surface area (Å²) in [6.45, 7) is 3.81. The number of nitrogens with zero attached hydrogens (tertiary/aromatic N) is 3. The summed E-state index contributed by atoms with van der Waals surface area (Å²) in [7, 11) is 0. The third kappa shape index (κ3) is 4.48. The summed E-state index contributed by atoms with van der Waals surface area (Å²) in [6, 6.07) is 12.8. The summed E-state index contributed by atoms with van der Waals surface area (Å²) in [6.07, 6.45) is 3.81. The fourth-order valence-corrected chi connectivity index (χ4v) is 3.84. The Bertz CT molecular complexity index is 1400. The molecule has 0 aliphatic rings. The van der Waals surface area contributed by atoms with Crippen molar-refractivity contribution in [1.82, 2.24) is 20.0 Å². The van der Waals surface area contributed by atoms with E-state index in [9.17, 15) is 10.0 Å². The van der Waals surface area contributed by atoms with Crippen LogP contribution >= 0.6 is 11.6 Å². The van der Waals surface area contributed by atoms with Crippen LogP contribution in [0.5, 0.6) is 0 Å². The van der Waals surface area contributed by atoms with Crippen LogP contribution in [0.15, 0.2) is 54.9 Å². The number of amides is 1. The lowest BCUT2D eigenvalue weighted by atomic mass is 10.0.